The summed E-state index contributed by atoms with van der Waals surface area (Å²) in [6.07, 6.45) is 2.05. The predicted molar refractivity (Wildman–Crippen MR) is 97.5 cm³/mol. The van der Waals surface area contributed by atoms with Crippen LogP contribution in [0.15, 0.2) is 30.6 Å². The summed E-state index contributed by atoms with van der Waals surface area (Å²) >= 11 is 1.25. The van der Waals surface area contributed by atoms with E-state index in [0.29, 0.717) is 21.0 Å². The maximum atomic E-state index is 13.1. The Kier molecular flexibility index (Phi) is 3.54. The molecule has 5 rings (SSSR count). The summed E-state index contributed by atoms with van der Waals surface area (Å²) in [5, 5.41) is 16.0. The highest BCUT2D eigenvalue weighted by Crippen LogP contribution is 2.49. The number of nitrogens with zero attached hydrogens (tertiary/aromatic N) is 5. The molecule has 0 bridgehead atoms. The second-order valence-electron chi connectivity index (χ2n) is 6.98. The molecule has 1 aliphatic carbocycles. The Hall–Kier alpha value is -2.52. The number of aryl methyl sites for hydroxylation is 1. The van der Waals surface area contributed by atoms with E-state index in [-0.39, 0.29) is 12.8 Å². The van der Waals surface area contributed by atoms with Crippen LogP contribution in [0.2, 0.25) is 0 Å². The van der Waals surface area contributed by atoms with E-state index in [1.165, 1.54) is 11.3 Å². The Balaban J connectivity index is 1.47. The second-order valence-corrected chi connectivity index (χ2v) is 7.99. The molecule has 0 aromatic carbocycles. The third-order valence-corrected chi connectivity index (χ3v) is 5.90. The molecule has 0 spiro atoms. The molecule has 1 fully saturated rings. The number of fused-ring (bicyclic) bond motifs is 2. The van der Waals surface area contributed by atoms with Gasteiger partial charge in [-0.25, -0.2) is 23.7 Å². The van der Waals surface area contributed by atoms with Gasteiger partial charge in [-0.15, -0.1) is 0 Å². The van der Waals surface area contributed by atoms with Gasteiger partial charge in [-0.1, -0.05) is 11.3 Å². The Labute approximate surface area is 156 Å². The molecule has 0 aliphatic heterocycles. The lowest BCUT2D eigenvalue weighted by Gasteiger charge is -2.37. The number of pyridine rings is 2. The van der Waals surface area contributed by atoms with E-state index in [4.69, 9.17) is 0 Å². The number of alkyl halides is 2. The standard InChI is InChI=1S/C18H15F2N5OS/c1-25-8-10-4-9(7-21-15(10)24-25)12-2-3-13-16(22-12)27-17(23-13)14(26)11-5-18(19,20)6-11/h2-4,7-8,11,14,26H,5-6H2,1H3/t14-/m1/s1. The van der Waals surface area contributed by atoms with Crippen molar-refractivity contribution in [2.45, 2.75) is 24.9 Å². The fraction of sp³-hybridized carbons (Fsp3) is 0.333. The molecule has 1 atom stereocenters. The van der Waals surface area contributed by atoms with Crippen LogP contribution < -0.4 is 0 Å². The summed E-state index contributed by atoms with van der Waals surface area (Å²) < 4.78 is 27.8. The molecule has 138 valence electrons. The molecule has 1 saturated carbocycles. The number of aromatic nitrogens is 5. The first-order valence-corrected chi connectivity index (χ1v) is 9.33. The molecule has 1 N–H and O–H groups in total. The summed E-state index contributed by atoms with van der Waals surface area (Å²) in [4.78, 5) is 14.0. The van der Waals surface area contributed by atoms with Crippen molar-refractivity contribution in [3.63, 3.8) is 0 Å². The highest BCUT2D eigenvalue weighted by molar-refractivity contribution is 7.18. The van der Waals surface area contributed by atoms with Gasteiger partial charge in [0.05, 0.1) is 5.69 Å². The second kappa shape index (κ2) is 5.74. The van der Waals surface area contributed by atoms with Crippen LogP contribution in [0, 0.1) is 5.92 Å². The number of rotatable bonds is 3. The van der Waals surface area contributed by atoms with Crippen LogP contribution >= 0.6 is 11.3 Å². The normalized spacial score (nSPS) is 18.1. The molecular weight excluding hydrogens is 372 g/mol. The van der Waals surface area contributed by atoms with Crippen LogP contribution in [0.4, 0.5) is 8.78 Å². The molecule has 4 aromatic rings. The van der Waals surface area contributed by atoms with Crippen LogP contribution in [0.1, 0.15) is 24.0 Å². The van der Waals surface area contributed by atoms with Crippen molar-refractivity contribution >= 4 is 32.7 Å². The molecule has 0 saturated heterocycles. The van der Waals surface area contributed by atoms with Gasteiger partial charge < -0.3 is 5.11 Å². The lowest BCUT2D eigenvalue weighted by atomic mass is 9.78. The highest BCUT2D eigenvalue weighted by atomic mass is 32.1. The number of hydrogen-bond acceptors (Lipinski definition) is 6. The monoisotopic (exact) mass is 387 g/mol. The molecule has 9 heteroatoms. The van der Waals surface area contributed by atoms with Gasteiger partial charge in [-0.2, -0.15) is 5.10 Å². The van der Waals surface area contributed by atoms with Crippen molar-refractivity contribution in [1.82, 2.24) is 24.7 Å². The molecule has 27 heavy (non-hydrogen) atoms. The van der Waals surface area contributed by atoms with E-state index < -0.39 is 17.9 Å². The Morgan fingerprint density at radius 1 is 1.30 bits per heavy atom. The number of aliphatic hydroxyl groups is 1. The predicted octanol–water partition coefficient (Wildman–Crippen LogP) is 3.72. The molecule has 1 aliphatic rings. The summed E-state index contributed by atoms with van der Waals surface area (Å²) in [6, 6.07) is 5.64. The van der Waals surface area contributed by atoms with Crippen molar-refractivity contribution in [2.75, 3.05) is 0 Å². The van der Waals surface area contributed by atoms with E-state index in [0.717, 1.165) is 16.6 Å². The molecule has 0 unspecified atom stereocenters. The molecule has 0 radical (unpaired) electrons. The first-order valence-electron chi connectivity index (χ1n) is 8.51. The average Bonchev–Trinajstić information content (AvgIpc) is 3.19. The van der Waals surface area contributed by atoms with Gasteiger partial charge in [-0.3, -0.25) is 4.68 Å². The number of halogens is 2. The zero-order valence-corrected chi connectivity index (χ0v) is 15.1. The van der Waals surface area contributed by atoms with Gasteiger partial charge in [0.1, 0.15) is 21.5 Å². The lowest BCUT2D eigenvalue weighted by molar-refractivity contribution is -0.142. The zero-order valence-electron chi connectivity index (χ0n) is 14.3. The lowest BCUT2D eigenvalue weighted by Crippen LogP contribution is -2.38. The summed E-state index contributed by atoms with van der Waals surface area (Å²) in [6.45, 7) is 0. The van der Waals surface area contributed by atoms with Crippen molar-refractivity contribution in [3.05, 3.63) is 35.6 Å². The minimum Gasteiger partial charge on any atom is -0.386 e. The van der Waals surface area contributed by atoms with Crippen LogP contribution in [0.5, 0.6) is 0 Å². The summed E-state index contributed by atoms with van der Waals surface area (Å²) in [7, 11) is 1.84. The number of hydrogen-bond donors (Lipinski definition) is 1. The van der Waals surface area contributed by atoms with E-state index in [9.17, 15) is 13.9 Å². The van der Waals surface area contributed by atoms with Crippen molar-refractivity contribution in [3.8, 4) is 11.3 Å². The SMILES string of the molecule is Cn1cc2cc(-c3ccc4nc([C@H](O)C5CC(F)(F)C5)sc4n3)cnc2n1. The molecule has 0 amide bonds. The van der Waals surface area contributed by atoms with Crippen LogP contribution in [0.3, 0.4) is 0 Å². The van der Waals surface area contributed by atoms with Gasteiger partial charge in [-0.05, 0) is 18.2 Å². The van der Waals surface area contributed by atoms with Gasteiger partial charge in [0.15, 0.2) is 5.65 Å². The van der Waals surface area contributed by atoms with Crippen LogP contribution in [0.25, 0.3) is 32.6 Å². The van der Waals surface area contributed by atoms with Gasteiger partial charge in [0.25, 0.3) is 0 Å². The van der Waals surface area contributed by atoms with Gasteiger partial charge >= 0.3 is 0 Å². The van der Waals surface area contributed by atoms with E-state index in [2.05, 4.69) is 20.1 Å². The number of thiazole rings is 1. The van der Waals surface area contributed by atoms with E-state index in [1.807, 2.05) is 31.4 Å². The van der Waals surface area contributed by atoms with Gasteiger partial charge in [0, 0.05) is 49.2 Å². The molecular formula is C18H15F2N5OS. The van der Waals surface area contributed by atoms with Crippen LogP contribution in [-0.2, 0) is 7.05 Å². The van der Waals surface area contributed by atoms with Crippen LogP contribution in [-0.4, -0.2) is 35.8 Å². The number of aliphatic hydroxyl groups excluding tert-OH is 1. The molecule has 4 aromatic heterocycles. The summed E-state index contributed by atoms with van der Waals surface area (Å²) in [5.74, 6) is -3.11. The highest BCUT2D eigenvalue weighted by Gasteiger charge is 2.49. The maximum absolute atomic E-state index is 13.1. The van der Waals surface area contributed by atoms with E-state index >= 15 is 0 Å². The summed E-state index contributed by atoms with van der Waals surface area (Å²) in [5.41, 5.74) is 2.91. The zero-order chi connectivity index (χ0) is 18.8. The third kappa shape index (κ3) is 2.87. The smallest absolute Gasteiger partial charge is 0.248 e. The fourth-order valence-corrected chi connectivity index (χ4v) is 4.44. The Morgan fingerprint density at radius 2 is 2.11 bits per heavy atom. The topological polar surface area (TPSA) is 76.7 Å². The van der Waals surface area contributed by atoms with Gasteiger partial charge in [0.2, 0.25) is 5.92 Å². The fourth-order valence-electron chi connectivity index (χ4n) is 3.43. The molecule has 6 nitrogen and oxygen atoms in total. The Bertz CT molecular complexity index is 1160. The minimum atomic E-state index is -2.66. The van der Waals surface area contributed by atoms with Crippen molar-refractivity contribution < 1.29 is 13.9 Å². The third-order valence-electron chi connectivity index (χ3n) is 4.86. The quantitative estimate of drug-likeness (QED) is 0.580. The largest absolute Gasteiger partial charge is 0.386 e. The average molecular weight is 387 g/mol. The Morgan fingerprint density at radius 3 is 2.89 bits per heavy atom. The first kappa shape index (κ1) is 16.6. The van der Waals surface area contributed by atoms with Crippen molar-refractivity contribution in [1.29, 1.82) is 0 Å². The first-order chi connectivity index (χ1) is 12.9. The molecule has 4 heterocycles. The maximum Gasteiger partial charge on any atom is 0.248 e. The minimum absolute atomic E-state index is 0.292. The van der Waals surface area contributed by atoms with Crippen molar-refractivity contribution in [2.24, 2.45) is 13.0 Å². The van der Waals surface area contributed by atoms with E-state index in [1.54, 1.807) is 10.9 Å².